The van der Waals surface area contributed by atoms with Crippen molar-refractivity contribution in [3.05, 3.63) is 107 Å². The molecular weight excluding hydrogens is 659 g/mol. The van der Waals surface area contributed by atoms with Gasteiger partial charge in [-0.3, -0.25) is 24.5 Å². The van der Waals surface area contributed by atoms with E-state index >= 15 is 0 Å². The topological polar surface area (TPSA) is 123 Å². The van der Waals surface area contributed by atoms with Crippen molar-refractivity contribution in [2.24, 2.45) is 0 Å². The van der Waals surface area contributed by atoms with Crippen molar-refractivity contribution in [2.75, 3.05) is 36.4 Å². The van der Waals surface area contributed by atoms with Gasteiger partial charge in [-0.2, -0.15) is 13.2 Å². The molecule has 6 rings (SSSR count). The second-order valence-electron chi connectivity index (χ2n) is 13.1. The molecule has 0 spiro atoms. The Morgan fingerprint density at radius 1 is 0.980 bits per heavy atom. The lowest BCUT2D eigenvalue weighted by atomic mass is 10.0. The number of anilines is 2. The zero-order chi connectivity index (χ0) is 36.0. The lowest BCUT2D eigenvalue weighted by Crippen LogP contribution is -2.35. The minimum atomic E-state index is -4.48. The number of halogens is 3. The number of rotatable bonds is 11. The molecule has 0 bridgehead atoms. The van der Waals surface area contributed by atoms with Gasteiger partial charge in [-0.15, -0.1) is 0 Å². The maximum atomic E-state index is 13.2. The van der Waals surface area contributed by atoms with Crippen LogP contribution in [0.1, 0.15) is 71.7 Å². The number of aliphatic hydroxyl groups excluding tert-OH is 1. The van der Waals surface area contributed by atoms with Crippen LogP contribution in [0.5, 0.6) is 0 Å². The van der Waals surface area contributed by atoms with E-state index in [9.17, 15) is 27.9 Å². The van der Waals surface area contributed by atoms with Crippen LogP contribution in [-0.4, -0.2) is 64.0 Å². The van der Waals surface area contributed by atoms with Gasteiger partial charge in [0, 0.05) is 80.9 Å². The zero-order valence-electron chi connectivity index (χ0n) is 28.4. The molecule has 2 aromatic carbocycles. The molecule has 2 atom stereocenters. The van der Waals surface area contributed by atoms with Crippen molar-refractivity contribution in [3.8, 4) is 11.3 Å². The molecule has 2 aromatic heterocycles. The highest BCUT2D eigenvalue weighted by Gasteiger charge is 2.30. The molecule has 4 aromatic rings. The number of carbonyl (C=O) groups is 2. The summed E-state index contributed by atoms with van der Waals surface area (Å²) < 4.78 is 39.6. The molecule has 4 N–H and O–H groups in total. The molecule has 2 aliphatic rings. The minimum absolute atomic E-state index is 0.0429. The van der Waals surface area contributed by atoms with Crippen molar-refractivity contribution in [3.63, 3.8) is 0 Å². The van der Waals surface area contributed by atoms with Gasteiger partial charge in [-0.05, 0) is 85.8 Å². The Morgan fingerprint density at radius 3 is 2.57 bits per heavy atom. The molecular formula is C38H42F3N7O3. The minimum Gasteiger partial charge on any atom is -0.372 e. The van der Waals surface area contributed by atoms with Crippen molar-refractivity contribution < 1.29 is 27.9 Å². The predicted octanol–water partition coefficient (Wildman–Crippen LogP) is 5.90. The summed E-state index contributed by atoms with van der Waals surface area (Å²) in [6.07, 6.45) is 0.0910. The SMILES string of the molecule is CC(=O)NC1CCN(Cc2cccc(C(O)Nc3ccc(N4CCCCC4)cc3-c3cc(C(=O)NCc4cccc(C(F)(F)F)c4)ccn3)n2)C1. The molecule has 51 heavy (non-hydrogen) atoms. The van der Waals surface area contributed by atoms with E-state index in [1.165, 1.54) is 31.7 Å². The number of nitrogens with one attached hydrogen (secondary N) is 3. The van der Waals surface area contributed by atoms with Crippen LogP contribution in [0.3, 0.4) is 0 Å². The summed E-state index contributed by atoms with van der Waals surface area (Å²) in [4.78, 5) is 38.5. The maximum absolute atomic E-state index is 13.2. The second kappa shape index (κ2) is 15.9. The van der Waals surface area contributed by atoms with Gasteiger partial charge in [0.1, 0.15) is 0 Å². The third-order valence-electron chi connectivity index (χ3n) is 9.20. The highest BCUT2D eigenvalue weighted by Crippen LogP contribution is 2.34. The zero-order valence-corrected chi connectivity index (χ0v) is 28.4. The molecule has 0 saturated carbocycles. The van der Waals surface area contributed by atoms with Crippen LogP contribution in [0.2, 0.25) is 0 Å². The number of benzene rings is 2. The molecule has 2 aliphatic heterocycles. The van der Waals surface area contributed by atoms with Crippen molar-refractivity contribution in [2.45, 2.75) is 64.1 Å². The Labute approximate surface area is 295 Å². The van der Waals surface area contributed by atoms with Crippen molar-refractivity contribution >= 4 is 23.2 Å². The monoisotopic (exact) mass is 701 g/mol. The Hall–Kier alpha value is -5.01. The number of hydrogen-bond acceptors (Lipinski definition) is 8. The van der Waals surface area contributed by atoms with Crippen LogP contribution >= 0.6 is 0 Å². The van der Waals surface area contributed by atoms with E-state index < -0.39 is 23.9 Å². The van der Waals surface area contributed by atoms with E-state index in [4.69, 9.17) is 4.98 Å². The number of nitrogens with zero attached hydrogens (tertiary/aromatic N) is 4. The fourth-order valence-electron chi connectivity index (χ4n) is 6.65. The van der Waals surface area contributed by atoms with Crippen LogP contribution in [-0.2, 0) is 24.1 Å². The van der Waals surface area contributed by atoms with Gasteiger partial charge in [0.15, 0.2) is 6.23 Å². The van der Waals surface area contributed by atoms with Gasteiger partial charge in [0.2, 0.25) is 5.91 Å². The summed E-state index contributed by atoms with van der Waals surface area (Å²) >= 11 is 0. The van der Waals surface area contributed by atoms with Gasteiger partial charge in [0.05, 0.1) is 22.6 Å². The Kier molecular flexibility index (Phi) is 11.2. The maximum Gasteiger partial charge on any atom is 0.416 e. The molecule has 2 amide bonds. The van der Waals surface area contributed by atoms with E-state index in [1.807, 2.05) is 30.3 Å². The predicted molar refractivity (Wildman–Crippen MR) is 189 cm³/mol. The molecule has 13 heteroatoms. The van der Waals surface area contributed by atoms with Crippen LogP contribution in [0, 0.1) is 0 Å². The van der Waals surface area contributed by atoms with Crippen LogP contribution in [0.25, 0.3) is 11.3 Å². The number of amides is 2. The molecule has 268 valence electrons. The van der Waals surface area contributed by atoms with Gasteiger partial charge < -0.3 is 26.0 Å². The van der Waals surface area contributed by atoms with Crippen molar-refractivity contribution in [1.29, 1.82) is 0 Å². The summed E-state index contributed by atoms with van der Waals surface area (Å²) in [5.74, 6) is -0.501. The molecule has 2 saturated heterocycles. The summed E-state index contributed by atoms with van der Waals surface area (Å²) in [5, 5.41) is 20.3. The second-order valence-corrected chi connectivity index (χ2v) is 13.1. The van der Waals surface area contributed by atoms with Crippen LogP contribution in [0.15, 0.2) is 79.0 Å². The first-order valence-electron chi connectivity index (χ1n) is 17.2. The van der Waals surface area contributed by atoms with Crippen molar-refractivity contribution in [1.82, 2.24) is 25.5 Å². The number of alkyl halides is 3. The third-order valence-corrected chi connectivity index (χ3v) is 9.20. The highest BCUT2D eigenvalue weighted by atomic mass is 19.4. The van der Waals surface area contributed by atoms with Crippen LogP contribution in [0.4, 0.5) is 24.5 Å². The quantitative estimate of drug-likeness (QED) is 0.143. The largest absolute Gasteiger partial charge is 0.416 e. The lowest BCUT2D eigenvalue weighted by molar-refractivity contribution is -0.137. The summed E-state index contributed by atoms with van der Waals surface area (Å²) in [6, 6.07) is 19.6. The summed E-state index contributed by atoms with van der Waals surface area (Å²) in [7, 11) is 0. The van der Waals surface area contributed by atoms with E-state index in [-0.39, 0.29) is 18.5 Å². The van der Waals surface area contributed by atoms with Crippen LogP contribution < -0.4 is 20.9 Å². The number of piperidine rings is 1. The molecule has 4 heterocycles. The van der Waals surface area contributed by atoms with E-state index in [0.29, 0.717) is 40.3 Å². The summed E-state index contributed by atoms with van der Waals surface area (Å²) in [6.45, 7) is 5.42. The number of aromatic nitrogens is 2. The van der Waals surface area contributed by atoms with E-state index in [2.05, 4.69) is 30.7 Å². The highest BCUT2D eigenvalue weighted by molar-refractivity contribution is 5.95. The fourth-order valence-corrected chi connectivity index (χ4v) is 6.65. The molecule has 2 unspecified atom stereocenters. The fraction of sp³-hybridized carbons (Fsp3) is 0.368. The average Bonchev–Trinajstić information content (AvgIpc) is 3.56. The third kappa shape index (κ3) is 9.41. The molecule has 0 radical (unpaired) electrons. The molecule has 10 nitrogen and oxygen atoms in total. The Morgan fingerprint density at radius 2 is 1.78 bits per heavy atom. The number of aliphatic hydroxyl groups is 1. The standard InChI is InChI=1S/C38H42F3N7O3/c1-25(49)44-30-14-18-47(24-30)23-29-9-6-10-34(45-29)37(51)46-33-12-11-31(48-16-3-2-4-17-48)21-32(33)35-20-27(13-15-42-35)36(50)43-22-26-7-5-8-28(19-26)38(39,40)41/h5-13,15,19-21,30,37,46,51H,2-4,14,16-18,22-24H2,1H3,(H,43,50)(H,44,49). The molecule has 0 aliphatic carbocycles. The summed E-state index contributed by atoms with van der Waals surface area (Å²) in [5.41, 5.74) is 3.81. The van der Waals surface area contributed by atoms with E-state index in [1.54, 1.807) is 18.2 Å². The Balaban J connectivity index is 1.21. The normalized spacial score (nSPS) is 17.2. The number of pyridine rings is 2. The first-order chi connectivity index (χ1) is 24.5. The van der Waals surface area contributed by atoms with Gasteiger partial charge in [-0.1, -0.05) is 18.2 Å². The van der Waals surface area contributed by atoms with Gasteiger partial charge >= 0.3 is 6.18 Å². The Bertz CT molecular complexity index is 1850. The first-order valence-corrected chi connectivity index (χ1v) is 17.2. The number of likely N-dealkylation sites (tertiary alicyclic amines) is 1. The average molecular weight is 702 g/mol. The number of carbonyl (C=O) groups excluding carboxylic acids is 2. The molecule has 2 fully saturated rings. The van der Waals surface area contributed by atoms with Gasteiger partial charge in [-0.25, -0.2) is 0 Å². The lowest BCUT2D eigenvalue weighted by Gasteiger charge is -2.30. The smallest absolute Gasteiger partial charge is 0.372 e. The number of hydrogen-bond donors (Lipinski definition) is 4. The first kappa shape index (κ1) is 35.8. The van der Waals surface area contributed by atoms with Gasteiger partial charge in [0.25, 0.3) is 5.91 Å². The van der Waals surface area contributed by atoms with E-state index in [0.717, 1.165) is 69.0 Å².